The molecule has 0 radical (unpaired) electrons. The van der Waals surface area contributed by atoms with Gasteiger partial charge in [0, 0.05) is 24.1 Å². The number of pyridine rings is 1. The molecule has 2 nitrogen and oxygen atoms in total. The van der Waals surface area contributed by atoms with E-state index in [9.17, 15) is 0 Å². The van der Waals surface area contributed by atoms with Crippen molar-refractivity contribution in [1.82, 2.24) is 4.98 Å². The molecule has 0 amide bonds. The van der Waals surface area contributed by atoms with Crippen LogP contribution in [0.15, 0.2) is 54.9 Å². The predicted molar refractivity (Wildman–Crippen MR) is 62.7 cm³/mol. The molecule has 0 fully saturated rings. The van der Waals surface area contributed by atoms with Gasteiger partial charge in [-0.3, -0.25) is 4.98 Å². The average molecular weight is 198 g/mol. The first kappa shape index (κ1) is 9.71. The van der Waals surface area contributed by atoms with E-state index in [1.165, 1.54) is 5.56 Å². The number of hydrogen-bond acceptors (Lipinski definition) is 2. The van der Waals surface area contributed by atoms with Crippen LogP contribution in [0, 0.1) is 0 Å². The van der Waals surface area contributed by atoms with E-state index in [0.717, 1.165) is 5.69 Å². The van der Waals surface area contributed by atoms with Gasteiger partial charge in [-0.1, -0.05) is 18.2 Å². The zero-order valence-corrected chi connectivity index (χ0v) is 8.72. The van der Waals surface area contributed by atoms with Crippen LogP contribution in [0.4, 0.5) is 5.69 Å². The molecule has 0 bridgehead atoms. The van der Waals surface area contributed by atoms with E-state index in [4.69, 9.17) is 0 Å². The fourth-order valence-corrected chi connectivity index (χ4v) is 1.52. The third-order valence-corrected chi connectivity index (χ3v) is 2.36. The van der Waals surface area contributed by atoms with Gasteiger partial charge in [0.05, 0.1) is 0 Å². The summed E-state index contributed by atoms with van der Waals surface area (Å²) in [4.78, 5) is 4.01. The van der Waals surface area contributed by atoms with Gasteiger partial charge in [-0.25, -0.2) is 0 Å². The average Bonchev–Trinajstić information content (AvgIpc) is 2.31. The molecule has 0 aliphatic carbocycles. The maximum atomic E-state index is 4.01. The van der Waals surface area contributed by atoms with Crippen LogP contribution in [0.1, 0.15) is 18.5 Å². The lowest BCUT2D eigenvalue weighted by Gasteiger charge is -2.15. The molecule has 1 atom stereocenters. The third-order valence-electron chi connectivity index (χ3n) is 2.36. The molecule has 15 heavy (non-hydrogen) atoms. The number of para-hydroxylation sites is 1. The second-order valence-electron chi connectivity index (χ2n) is 3.51. The monoisotopic (exact) mass is 198 g/mol. The van der Waals surface area contributed by atoms with Crippen LogP contribution in [-0.2, 0) is 0 Å². The number of nitrogens with zero attached hydrogens (tertiary/aromatic N) is 1. The van der Waals surface area contributed by atoms with E-state index in [1.807, 2.05) is 42.7 Å². The van der Waals surface area contributed by atoms with Gasteiger partial charge in [0.15, 0.2) is 0 Å². The van der Waals surface area contributed by atoms with Crippen molar-refractivity contribution in [2.75, 3.05) is 5.32 Å². The molecule has 0 aliphatic rings. The van der Waals surface area contributed by atoms with Crippen LogP contribution in [0.2, 0.25) is 0 Å². The number of benzene rings is 1. The number of rotatable bonds is 3. The molecule has 0 spiro atoms. The minimum atomic E-state index is 0.301. The topological polar surface area (TPSA) is 24.9 Å². The van der Waals surface area contributed by atoms with Crippen LogP contribution < -0.4 is 5.32 Å². The van der Waals surface area contributed by atoms with Crippen molar-refractivity contribution in [2.24, 2.45) is 0 Å². The van der Waals surface area contributed by atoms with Crippen molar-refractivity contribution in [3.8, 4) is 0 Å². The van der Waals surface area contributed by atoms with Gasteiger partial charge in [-0.15, -0.1) is 0 Å². The molecule has 2 heteroatoms. The Morgan fingerprint density at radius 2 is 1.67 bits per heavy atom. The van der Waals surface area contributed by atoms with Crippen LogP contribution in [-0.4, -0.2) is 4.98 Å². The molecule has 2 rings (SSSR count). The van der Waals surface area contributed by atoms with E-state index in [1.54, 1.807) is 0 Å². The molecular formula is C13H14N2. The van der Waals surface area contributed by atoms with Crippen LogP contribution in [0.5, 0.6) is 0 Å². The Morgan fingerprint density at radius 3 is 2.33 bits per heavy atom. The first-order chi connectivity index (χ1) is 7.36. The molecule has 0 unspecified atom stereocenters. The Labute approximate surface area is 90.0 Å². The summed E-state index contributed by atoms with van der Waals surface area (Å²) < 4.78 is 0. The van der Waals surface area contributed by atoms with Gasteiger partial charge in [0.2, 0.25) is 0 Å². The normalized spacial score (nSPS) is 12.1. The molecule has 0 aliphatic heterocycles. The SMILES string of the molecule is C[C@@H](Nc1ccccc1)c1ccncc1. The van der Waals surface area contributed by atoms with Crippen molar-refractivity contribution >= 4 is 5.69 Å². The minimum Gasteiger partial charge on any atom is -0.379 e. The zero-order valence-electron chi connectivity index (χ0n) is 8.72. The standard InChI is InChI=1S/C13H14N2/c1-11(12-7-9-14-10-8-12)15-13-5-3-2-4-6-13/h2-11,15H,1H3/t11-/m1/s1. The highest BCUT2D eigenvalue weighted by Crippen LogP contribution is 2.17. The molecule has 1 aromatic carbocycles. The van der Waals surface area contributed by atoms with Gasteiger partial charge in [-0.2, -0.15) is 0 Å². The van der Waals surface area contributed by atoms with E-state index >= 15 is 0 Å². The Kier molecular flexibility index (Phi) is 2.98. The lowest BCUT2D eigenvalue weighted by molar-refractivity contribution is 0.881. The summed E-state index contributed by atoms with van der Waals surface area (Å²) in [6, 6.07) is 14.6. The summed E-state index contributed by atoms with van der Waals surface area (Å²) in [6.07, 6.45) is 3.64. The Bertz CT molecular complexity index is 397. The van der Waals surface area contributed by atoms with E-state index in [-0.39, 0.29) is 0 Å². The number of aromatic nitrogens is 1. The number of nitrogens with one attached hydrogen (secondary N) is 1. The van der Waals surface area contributed by atoms with Crippen LogP contribution in [0.25, 0.3) is 0 Å². The predicted octanol–water partition coefficient (Wildman–Crippen LogP) is 3.25. The second-order valence-corrected chi connectivity index (χ2v) is 3.51. The van der Waals surface area contributed by atoms with Gasteiger partial charge < -0.3 is 5.32 Å². The second kappa shape index (κ2) is 4.60. The lowest BCUT2D eigenvalue weighted by atomic mass is 10.1. The summed E-state index contributed by atoms with van der Waals surface area (Å²) >= 11 is 0. The zero-order chi connectivity index (χ0) is 10.5. The van der Waals surface area contributed by atoms with Crippen molar-refractivity contribution in [3.05, 3.63) is 60.4 Å². The van der Waals surface area contributed by atoms with Crippen molar-refractivity contribution < 1.29 is 0 Å². The number of hydrogen-bond donors (Lipinski definition) is 1. The quantitative estimate of drug-likeness (QED) is 0.818. The van der Waals surface area contributed by atoms with Crippen LogP contribution in [0.3, 0.4) is 0 Å². The summed E-state index contributed by atoms with van der Waals surface area (Å²) in [6.45, 7) is 2.14. The lowest BCUT2D eigenvalue weighted by Crippen LogP contribution is -2.06. The van der Waals surface area contributed by atoms with E-state index in [2.05, 4.69) is 29.4 Å². The van der Waals surface area contributed by atoms with E-state index < -0.39 is 0 Å². The summed E-state index contributed by atoms with van der Waals surface area (Å²) in [5.74, 6) is 0. The first-order valence-electron chi connectivity index (χ1n) is 5.08. The summed E-state index contributed by atoms with van der Waals surface area (Å²) in [5.41, 5.74) is 2.38. The highest BCUT2D eigenvalue weighted by Gasteiger charge is 2.03. The fraction of sp³-hybridized carbons (Fsp3) is 0.154. The molecule has 1 heterocycles. The molecule has 1 N–H and O–H groups in total. The highest BCUT2D eigenvalue weighted by molar-refractivity contribution is 5.44. The Hall–Kier alpha value is -1.83. The first-order valence-corrected chi connectivity index (χ1v) is 5.08. The Morgan fingerprint density at radius 1 is 1.00 bits per heavy atom. The highest BCUT2D eigenvalue weighted by atomic mass is 14.9. The molecule has 1 aromatic heterocycles. The van der Waals surface area contributed by atoms with Crippen LogP contribution >= 0.6 is 0 Å². The van der Waals surface area contributed by atoms with Gasteiger partial charge in [0.1, 0.15) is 0 Å². The molecule has 2 aromatic rings. The molecule has 0 saturated carbocycles. The summed E-state index contributed by atoms with van der Waals surface area (Å²) in [7, 11) is 0. The number of anilines is 1. The van der Waals surface area contributed by atoms with Crippen molar-refractivity contribution in [1.29, 1.82) is 0 Å². The van der Waals surface area contributed by atoms with Crippen molar-refractivity contribution in [3.63, 3.8) is 0 Å². The maximum absolute atomic E-state index is 4.01. The van der Waals surface area contributed by atoms with Gasteiger partial charge in [0.25, 0.3) is 0 Å². The minimum absolute atomic E-state index is 0.301. The molecular weight excluding hydrogens is 184 g/mol. The third kappa shape index (κ3) is 2.56. The smallest absolute Gasteiger partial charge is 0.0486 e. The van der Waals surface area contributed by atoms with Gasteiger partial charge in [-0.05, 0) is 36.8 Å². The fourth-order valence-electron chi connectivity index (χ4n) is 1.52. The Balaban J connectivity index is 2.08. The molecule has 0 saturated heterocycles. The van der Waals surface area contributed by atoms with Crippen molar-refractivity contribution in [2.45, 2.75) is 13.0 Å². The largest absolute Gasteiger partial charge is 0.379 e. The van der Waals surface area contributed by atoms with E-state index in [0.29, 0.717) is 6.04 Å². The molecule has 76 valence electrons. The summed E-state index contributed by atoms with van der Waals surface area (Å²) in [5, 5.41) is 3.43. The maximum Gasteiger partial charge on any atom is 0.0486 e. The van der Waals surface area contributed by atoms with Gasteiger partial charge >= 0.3 is 0 Å².